The lowest BCUT2D eigenvalue weighted by Gasteiger charge is -2.03. The van der Waals surface area contributed by atoms with Crippen LogP contribution in [0.3, 0.4) is 0 Å². The van der Waals surface area contributed by atoms with Crippen LogP contribution in [0.4, 0.5) is 5.82 Å². The second-order valence-corrected chi connectivity index (χ2v) is 2.81. The van der Waals surface area contributed by atoms with E-state index in [1.807, 2.05) is 13.0 Å². The third-order valence-electron chi connectivity index (χ3n) is 1.66. The van der Waals surface area contributed by atoms with Crippen molar-refractivity contribution in [3.05, 3.63) is 23.9 Å². The summed E-state index contributed by atoms with van der Waals surface area (Å²) in [4.78, 5) is 15.1. The number of hydrogen-bond acceptors (Lipinski definition) is 3. The maximum absolute atomic E-state index is 11.2. The number of nitriles is 1. The number of carbonyl (C=O) groups excluding carboxylic acids is 1. The fourth-order valence-electron chi connectivity index (χ4n) is 1.02. The van der Waals surface area contributed by atoms with Gasteiger partial charge in [0.1, 0.15) is 11.9 Å². The predicted molar refractivity (Wildman–Crippen MR) is 52.5 cm³/mol. The van der Waals surface area contributed by atoms with Gasteiger partial charge in [-0.1, -0.05) is 6.92 Å². The van der Waals surface area contributed by atoms with Crippen LogP contribution in [-0.4, -0.2) is 10.9 Å². The maximum atomic E-state index is 11.2. The van der Waals surface area contributed by atoms with Crippen molar-refractivity contribution in [3.8, 4) is 6.07 Å². The van der Waals surface area contributed by atoms with Gasteiger partial charge in [-0.3, -0.25) is 4.79 Å². The molecule has 72 valence electrons. The van der Waals surface area contributed by atoms with E-state index in [1.165, 1.54) is 0 Å². The molecule has 0 fully saturated rings. The highest BCUT2D eigenvalue weighted by molar-refractivity contribution is 5.90. The summed E-state index contributed by atoms with van der Waals surface area (Å²) in [7, 11) is 0. The van der Waals surface area contributed by atoms with Crippen LogP contribution in [0.15, 0.2) is 18.3 Å². The summed E-state index contributed by atoms with van der Waals surface area (Å²) in [6, 6.07) is 5.25. The van der Waals surface area contributed by atoms with Crippen LogP contribution in [0.2, 0.25) is 0 Å². The lowest BCUT2D eigenvalue weighted by atomic mass is 10.2. The Balaban J connectivity index is 2.77. The van der Waals surface area contributed by atoms with E-state index in [2.05, 4.69) is 10.3 Å². The normalized spacial score (nSPS) is 9.14. The molecule has 1 N–H and O–H groups in total. The van der Waals surface area contributed by atoms with Gasteiger partial charge in [0.15, 0.2) is 0 Å². The molecule has 1 rings (SSSR count). The van der Waals surface area contributed by atoms with Crippen molar-refractivity contribution in [1.82, 2.24) is 4.98 Å². The van der Waals surface area contributed by atoms with Gasteiger partial charge >= 0.3 is 0 Å². The van der Waals surface area contributed by atoms with Gasteiger partial charge in [-0.2, -0.15) is 5.26 Å². The largest absolute Gasteiger partial charge is 0.310 e. The Hall–Kier alpha value is -1.89. The summed E-state index contributed by atoms with van der Waals surface area (Å²) < 4.78 is 0. The minimum atomic E-state index is -0.109. The first kappa shape index (κ1) is 10.2. The van der Waals surface area contributed by atoms with E-state index in [1.54, 1.807) is 18.3 Å². The average Bonchev–Trinajstić information content (AvgIpc) is 2.19. The van der Waals surface area contributed by atoms with Gasteiger partial charge in [-0.15, -0.1) is 0 Å². The van der Waals surface area contributed by atoms with Crippen LogP contribution < -0.4 is 5.32 Å². The van der Waals surface area contributed by atoms with Crippen LogP contribution in [0.25, 0.3) is 0 Å². The van der Waals surface area contributed by atoms with Crippen molar-refractivity contribution in [2.75, 3.05) is 5.32 Å². The fraction of sp³-hybridized carbons (Fsp3) is 0.300. The molecule has 1 aromatic rings. The van der Waals surface area contributed by atoms with Crippen LogP contribution in [-0.2, 0) is 4.79 Å². The van der Waals surface area contributed by atoms with Crippen LogP contribution >= 0.6 is 0 Å². The highest BCUT2D eigenvalue weighted by Gasteiger charge is 2.05. The van der Waals surface area contributed by atoms with E-state index in [0.717, 1.165) is 6.42 Å². The molecule has 0 aliphatic carbocycles. The molecular weight excluding hydrogens is 178 g/mol. The van der Waals surface area contributed by atoms with Gasteiger partial charge < -0.3 is 5.32 Å². The molecule has 0 atom stereocenters. The Morgan fingerprint density at radius 1 is 1.71 bits per heavy atom. The fourth-order valence-corrected chi connectivity index (χ4v) is 1.02. The first-order valence-corrected chi connectivity index (χ1v) is 4.43. The van der Waals surface area contributed by atoms with Crippen molar-refractivity contribution >= 4 is 11.7 Å². The third-order valence-corrected chi connectivity index (χ3v) is 1.66. The SMILES string of the molecule is CCCC(=O)Nc1ncccc1C#N. The van der Waals surface area contributed by atoms with Crippen molar-refractivity contribution in [1.29, 1.82) is 5.26 Å². The van der Waals surface area contributed by atoms with E-state index < -0.39 is 0 Å². The number of hydrogen-bond donors (Lipinski definition) is 1. The Morgan fingerprint density at radius 3 is 3.14 bits per heavy atom. The van der Waals surface area contributed by atoms with Crippen molar-refractivity contribution in [3.63, 3.8) is 0 Å². The Bertz CT molecular complexity index is 368. The predicted octanol–water partition coefficient (Wildman–Crippen LogP) is 1.69. The first-order chi connectivity index (χ1) is 6.77. The molecule has 0 aliphatic rings. The summed E-state index contributed by atoms with van der Waals surface area (Å²) in [5.41, 5.74) is 0.386. The van der Waals surface area contributed by atoms with Gasteiger partial charge in [0.05, 0.1) is 5.56 Å². The van der Waals surface area contributed by atoms with E-state index in [-0.39, 0.29) is 5.91 Å². The number of amides is 1. The van der Waals surface area contributed by atoms with Gasteiger partial charge in [-0.05, 0) is 18.6 Å². The number of nitrogens with zero attached hydrogens (tertiary/aromatic N) is 2. The first-order valence-electron chi connectivity index (χ1n) is 4.43. The number of pyridine rings is 1. The molecule has 0 bridgehead atoms. The summed E-state index contributed by atoms with van der Waals surface area (Å²) in [6.45, 7) is 1.92. The summed E-state index contributed by atoms with van der Waals surface area (Å²) >= 11 is 0. The second-order valence-electron chi connectivity index (χ2n) is 2.81. The highest BCUT2D eigenvalue weighted by atomic mass is 16.1. The second kappa shape index (κ2) is 4.97. The Labute approximate surface area is 82.6 Å². The number of carbonyl (C=O) groups is 1. The molecule has 0 spiro atoms. The molecule has 4 nitrogen and oxygen atoms in total. The minimum absolute atomic E-state index is 0.109. The number of aromatic nitrogens is 1. The van der Waals surface area contributed by atoms with Gasteiger partial charge in [0.25, 0.3) is 0 Å². The molecule has 1 amide bonds. The lowest BCUT2D eigenvalue weighted by Crippen LogP contribution is -2.12. The van der Waals surface area contributed by atoms with Crippen LogP contribution in [0.5, 0.6) is 0 Å². The zero-order valence-corrected chi connectivity index (χ0v) is 7.95. The molecule has 0 aromatic carbocycles. The highest BCUT2D eigenvalue weighted by Crippen LogP contribution is 2.09. The topological polar surface area (TPSA) is 65.8 Å². The molecule has 1 aromatic heterocycles. The molecule has 0 saturated heterocycles. The van der Waals surface area contributed by atoms with E-state index in [9.17, 15) is 4.79 Å². The summed E-state index contributed by atoms with van der Waals surface area (Å²) in [5, 5.41) is 11.3. The zero-order valence-electron chi connectivity index (χ0n) is 7.95. The maximum Gasteiger partial charge on any atom is 0.225 e. The van der Waals surface area contributed by atoms with E-state index in [0.29, 0.717) is 17.8 Å². The van der Waals surface area contributed by atoms with Crippen molar-refractivity contribution in [2.45, 2.75) is 19.8 Å². The lowest BCUT2D eigenvalue weighted by molar-refractivity contribution is -0.116. The Kier molecular flexibility index (Phi) is 3.62. The average molecular weight is 189 g/mol. The van der Waals surface area contributed by atoms with Gasteiger partial charge in [0.2, 0.25) is 5.91 Å². The molecule has 14 heavy (non-hydrogen) atoms. The number of rotatable bonds is 3. The molecular formula is C10H11N3O. The molecule has 0 saturated carbocycles. The van der Waals surface area contributed by atoms with Gasteiger partial charge in [-0.25, -0.2) is 4.98 Å². The minimum Gasteiger partial charge on any atom is -0.310 e. The number of anilines is 1. The van der Waals surface area contributed by atoms with Crippen molar-refractivity contribution in [2.24, 2.45) is 0 Å². The van der Waals surface area contributed by atoms with Gasteiger partial charge in [0, 0.05) is 12.6 Å². The molecule has 0 radical (unpaired) electrons. The Morgan fingerprint density at radius 2 is 2.50 bits per heavy atom. The van der Waals surface area contributed by atoms with Crippen LogP contribution in [0.1, 0.15) is 25.3 Å². The summed E-state index contributed by atoms with van der Waals surface area (Å²) in [6.07, 6.45) is 2.77. The van der Waals surface area contributed by atoms with E-state index in [4.69, 9.17) is 5.26 Å². The van der Waals surface area contributed by atoms with E-state index >= 15 is 0 Å². The third kappa shape index (κ3) is 2.56. The van der Waals surface area contributed by atoms with Crippen LogP contribution in [0, 0.1) is 11.3 Å². The monoisotopic (exact) mass is 189 g/mol. The molecule has 4 heteroatoms. The number of nitrogens with one attached hydrogen (secondary N) is 1. The summed E-state index contributed by atoms with van der Waals surface area (Å²) in [5.74, 6) is 0.233. The quantitative estimate of drug-likeness (QED) is 0.786. The molecule has 0 aliphatic heterocycles. The molecule has 1 heterocycles. The standard InChI is InChI=1S/C10H11N3O/c1-2-4-9(14)13-10-8(7-11)5-3-6-12-10/h3,5-6H,2,4H2,1H3,(H,12,13,14). The molecule has 0 unspecified atom stereocenters. The smallest absolute Gasteiger partial charge is 0.225 e. The zero-order chi connectivity index (χ0) is 10.4. The van der Waals surface area contributed by atoms with Crippen molar-refractivity contribution < 1.29 is 4.79 Å².